The van der Waals surface area contributed by atoms with E-state index in [0.29, 0.717) is 0 Å². The molecule has 0 saturated carbocycles. The van der Waals surface area contributed by atoms with Crippen molar-refractivity contribution in [1.29, 1.82) is 0 Å². The normalized spacial score (nSPS) is 14.7. The van der Waals surface area contributed by atoms with Crippen molar-refractivity contribution >= 4 is 97.9 Å². The van der Waals surface area contributed by atoms with E-state index < -0.39 is 8.07 Å². The Bertz CT molecular complexity index is 3100. The van der Waals surface area contributed by atoms with Gasteiger partial charge in [-0.15, -0.1) is 0 Å². The van der Waals surface area contributed by atoms with Gasteiger partial charge in [-0.05, 0) is 138 Å². The van der Waals surface area contributed by atoms with Crippen LogP contribution in [0.4, 0.5) is 51.2 Å². The average molecular weight is 930 g/mol. The summed E-state index contributed by atoms with van der Waals surface area (Å²) in [5, 5.41) is 4.52. The highest BCUT2D eigenvalue weighted by atomic mass is 28.3. The monoisotopic (exact) mass is 930 g/mol. The number of anilines is 9. The van der Waals surface area contributed by atoms with Gasteiger partial charge in [0, 0.05) is 45.5 Å². The average Bonchev–Trinajstić information content (AvgIpc) is 3.32. The summed E-state index contributed by atoms with van der Waals surface area (Å²) in [4.78, 5) is 7.78. The minimum atomic E-state index is -2.76. The Morgan fingerprint density at radius 2 is 0.700 bits per heavy atom. The van der Waals surface area contributed by atoms with Crippen molar-refractivity contribution in [2.45, 2.75) is 111 Å². The molecule has 0 aliphatic carbocycles. The molecule has 0 fully saturated rings. The maximum absolute atomic E-state index is 2.76. The summed E-state index contributed by atoms with van der Waals surface area (Å²) < 4.78 is 0. The van der Waals surface area contributed by atoms with E-state index >= 15 is 0 Å². The zero-order valence-corrected chi connectivity index (χ0v) is 44.7. The maximum atomic E-state index is 2.67. The van der Waals surface area contributed by atoms with E-state index in [-0.39, 0.29) is 28.4 Å². The fraction of sp³-hybridized carbons (Fsp3) is 0.262. The van der Waals surface area contributed by atoms with Crippen molar-refractivity contribution in [3.05, 3.63) is 198 Å². The van der Waals surface area contributed by atoms with Crippen LogP contribution in [0.25, 0.3) is 0 Å². The molecule has 0 bridgehead atoms. The highest BCUT2D eigenvalue weighted by molar-refractivity contribution is 7.21. The van der Waals surface area contributed by atoms with Crippen LogP contribution in [0.2, 0.25) is 6.55 Å². The van der Waals surface area contributed by atoms with E-state index in [4.69, 9.17) is 0 Å². The molecule has 8 aromatic carbocycles. The molecule has 0 spiro atoms. The topological polar surface area (TPSA) is 9.72 Å². The Hall–Kier alpha value is -6.56. The lowest BCUT2D eigenvalue weighted by molar-refractivity contribution is 0.590. The standard InChI is InChI=1S/C65H68BN3Si/c1-62(2,3)43-29-33-49(34-30-43)68-53-37-45(64(7,8)9)39-57-60(53)66-59-55(68)41-51(67(47-23-17-14-18-24-47)48-25-19-15-20-26-48)42-56(59)69(50-35-31-44(32-36-50)63(4,5)6)54-38-46(65(10,11)12)40-58(61(54)66)70(57,13)52-27-21-16-22-28-52/h14-42H,1-13H3. The van der Waals surface area contributed by atoms with Gasteiger partial charge >= 0.3 is 0 Å². The lowest BCUT2D eigenvalue weighted by Gasteiger charge is -2.52. The third-order valence-electron chi connectivity index (χ3n) is 15.7. The lowest BCUT2D eigenvalue weighted by atomic mass is 9.33. The number of nitrogens with zero attached hydrogens (tertiary/aromatic N) is 3. The predicted octanol–water partition coefficient (Wildman–Crippen LogP) is 13.8. The second kappa shape index (κ2) is 16.0. The zero-order chi connectivity index (χ0) is 49.3. The van der Waals surface area contributed by atoms with Crippen LogP contribution < -0.4 is 46.6 Å². The molecule has 3 aliphatic heterocycles. The number of hydrogen-bond donors (Lipinski definition) is 0. The van der Waals surface area contributed by atoms with Crippen LogP contribution in [0.5, 0.6) is 0 Å². The Morgan fingerprint density at radius 3 is 1.06 bits per heavy atom. The molecule has 350 valence electrons. The molecule has 8 aromatic rings. The zero-order valence-electron chi connectivity index (χ0n) is 43.7. The Balaban J connectivity index is 1.35. The molecule has 0 amide bonds. The Kier molecular flexibility index (Phi) is 10.5. The van der Waals surface area contributed by atoms with Gasteiger partial charge in [0.05, 0.1) is 5.69 Å². The van der Waals surface area contributed by atoms with Crippen LogP contribution in [0, 0.1) is 0 Å². The molecule has 0 radical (unpaired) electrons. The number of benzene rings is 8. The Labute approximate surface area is 420 Å². The van der Waals surface area contributed by atoms with Gasteiger partial charge in [0.2, 0.25) is 0 Å². The van der Waals surface area contributed by atoms with Crippen molar-refractivity contribution in [3.8, 4) is 0 Å². The fourth-order valence-electron chi connectivity index (χ4n) is 11.6. The summed E-state index contributed by atoms with van der Waals surface area (Å²) >= 11 is 0. The quantitative estimate of drug-likeness (QED) is 0.154. The van der Waals surface area contributed by atoms with Crippen molar-refractivity contribution < 1.29 is 0 Å². The fourth-order valence-corrected chi connectivity index (χ4v) is 15.9. The molecule has 0 saturated heterocycles. The third kappa shape index (κ3) is 7.29. The van der Waals surface area contributed by atoms with E-state index in [9.17, 15) is 0 Å². The van der Waals surface area contributed by atoms with Gasteiger partial charge < -0.3 is 14.7 Å². The van der Waals surface area contributed by atoms with Gasteiger partial charge in [-0.25, -0.2) is 0 Å². The van der Waals surface area contributed by atoms with Crippen LogP contribution in [0.15, 0.2) is 176 Å². The van der Waals surface area contributed by atoms with Crippen LogP contribution in [-0.2, 0) is 21.7 Å². The smallest absolute Gasteiger partial charge is 0.251 e. The molecule has 3 nitrogen and oxygen atoms in total. The molecule has 11 rings (SSSR count). The van der Waals surface area contributed by atoms with Gasteiger partial charge in [-0.3, -0.25) is 0 Å². The second-order valence-electron chi connectivity index (χ2n) is 24.5. The summed E-state index contributed by atoms with van der Waals surface area (Å²) in [6, 6.07) is 68.0. The summed E-state index contributed by atoms with van der Waals surface area (Å²) in [6.07, 6.45) is 0. The molecule has 0 atom stereocenters. The summed E-state index contributed by atoms with van der Waals surface area (Å²) in [5.41, 5.74) is 20.3. The van der Waals surface area contributed by atoms with Crippen LogP contribution in [0.3, 0.4) is 0 Å². The van der Waals surface area contributed by atoms with Crippen molar-refractivity contribution in [2.75, 3.05) is 14.7 Å². The lowest BCUT2D eigenvalue weighted by Crippen LogP contribution is -2.83. The first-order chi connectivity index (χ1) is 33.1. The summed E-state index contributed by atoms with van der Waals surface area (Å²) in [6.45, 7) is 30.9. The minimum Gasteiger partial charge on any atom is -0.311 e. The molecule has 3 heterocycles. The molecule has 3 aliphatic rings. The van der Waals surface area contributed by atoms with E-state index in [1.54, 1.807) is 0 Å². The first kappa shape index (κ1) is 45.9. The highest BCUT2D eigenvalue weighted by Crippen LogP contribution is 2.50. The predicted molar refractivity (Wildman–Crippen MR) is 307 cm³/mol. The Morgan fingerprint density at radius 1 is 0.357 bits per heavy atom. The van der Waals surface area contributed by atoms with Gasteiger partial charge in [0.1, 0.15) is 8.07 Å². The van der Waals surface area contributed by atoms with Gasteiger partial charge in [0.25, 0.3) is 6.71 Å². The molecule has 0 N–H and O–H groups in total. The molecule has 0 unspecified atom stereocenters. The summed E-state index contributed by atoms with van der Waals surface area (Å²) in [7, 11) is -2.76. The van der Waals surface area contributed by atoms with Gasteiger partial charge in [-0.1, -0.05) is 203 Å². The van der Waals surface area contributed by atoms with E-state index in [1.165, 1.54) is 88.3 Å². The van der Waals surface area contributed by atoms with Crippen LogP contribution in [-0.4, -0.2) is 14.8 Å². The second-order valence-corrected chi connectivity index (χ2v) is 28.4. The van der Waals surface area contributed by atoms with Crippen LogP contribution >= 0.6 is 0 Å². The highest BCUT2D eigenvalue weighted by Gasteiger charge is 2.55. The molecular weight excluding hydrogens is 862 g/mol. The summed E-state index contributed by atoms with van der Waals surface area (Å²) in [5.74, 6) is 0. The van der Waals surface area contributed by atoms with Crippen molar-refractivity contribution in [2.24, 2.45) is 0 Å². The first-order valence-corrected chi connectivity index (χ1v) is 28.0. The molecular formula is C65H68BN3Si. The number of rotatable bonds is 6. The molecule has 0 aromatic heterocycles. The van der Waals surface area contributed by atoms with Crippen molar-refractivity contribution in [1.82, 2.24) is 0 Å². The first-order valence-electron chi connectivity index (χ1n) is 25.5. The van der Waals surface area contributed by atoms with Gasteiger partial charge in [-0.2, -0.15) is 0 Å². The number of hydrogen-bond acceptors (Lipinski definition) is 3. The van der Waals surface area contributed by atoms with E-state index in [2.05, 4.69) is 280 Å². The number of para-hydroxylation sites is 2. The molecule has 5 heteroatoms. The van der Waals surface area contributed by atoms with E-state index in [0.717, 1.165) is 17.1 Å². The minimum absolute atomic E-state index is 0.0125. The largest absolute Gasteiger partial charge is 0.311 e. The third-order valence-corrected chi connectivity index (χ3v) is 20.2. The van der Waals surface area contributed by atoms with Gasteiger partial charge in [0.15, 0.2) is 0 Å². The SMILES string of the molecule is CC(C)(C)c1ccc(N2c3cc(N(c4ccccc4)c4ccccc4)cc4c3B3c5c2cc(C(C)(C)C)cc5[Si](C)(c2ccccc2)c2cc(C(C)(C)C)cc(c23)N4c2ccc(C(C)(C)C)cc2)cc1. The maximum Gasteiger partial charge on any atom is 0.251 e. The van der Waals surface area contributed by atoms with Crippen molar-refractivity contribution in [3.63, 3.8) is 0 Å². The van der Waals surface area contributed by atoms with Crippen LogP contribution in [0.1, 0.15) is 105 Å². The van der Waals surface area contributed by atoms with E-state index in [1.807, 2.05) is 0 Å². The molecule has 70 heavy (non-hydrogen) atoms.